The van der Waals surface area contributed by atoms with E-state index < -0.39 is 23.4 Å². The average Bonchev–Trinajstić information content (AvgIpc) is 2.72. The summed E-state index contributed by atoms with van der Waals surface area (Å²) in [6.07, 6.45) is 0.144. The van der Waals surface area contributed by atoms with E-state index in [1.807, 2.05) is 0 Å². The number of halogens is 5. The van der Waals surface area contributed by atoms with Crippen LogP contribution in [0.4, 0.5) is 22.0 Å². The lowest BCUT2D eigenvalue weighted by atomic mass is 9.83. The fourth-order valence-corrected chi connectivity index (χ4v) is 3.47. The molecule has 2 aromatic carbocycles. The van der Waals surface area contributed by atoms with Crippen LogP contribution in [0.2, 0.25) is 0 Å². The molecule has 6 heteroatoms. The van der Waals surface area contributed by atoms with Gasteiger partial charge in [-0.15, -0.1) is 0 Å². The van der Waals surface area contributed by atoms with Crippen molar-refractivity contribution in [2.75, 3.05) is 6.61 Å². The highest BCUT2D eigenvalue weighted by atomic mass is 19.4. The van der Waals surface area contributed by atoms with Gasteiger partial charge in [0.15, 0.2) is 11.7 Å². The number of alkyl halides is 3. The second-order valence-electron chi connectivity index (χ2n) is 7.66. The summed E-state index contributed by atoms with van der Waals surface area (Å²) in [7, 11) is 0. The Labute approximate surface area is 167 Å². The zero-order valence-corrected chi connectivity index (χ0v) is 16.1. The fourth-order valence-electron chi connectivity index (χ4n) is 3.47. The van der Waals surface area contributed by atoms with E-state index in [1.54, 1.807) is 12.1 Å². The first-order valence-corrected chi connectivity index (χ1v) is 9.70. The quantitative estimate of drug-likeness (QED) is 0.363. The van der Waals surface area contributed by atoms with Crippen molar-refractivity contribution in [1.82, 2.24) is 0 Å². The van der Waals surface area contributed by atoms with E-state index >= 15 is 0 Å². The van der Waals surface area contributed by atoms with E-state index in [0.29, 0.717) is 18.3 Å². The van der Waals surface area contributed by atoms with Crippen LogP contribution in [0.3, 0.4) is 0 Å². The van der Waals surface area contributed by atoms with Gasteiger partial charge in [0, 0.05) is 11.1 Å². The minimum absolute atomic E-state index is 0.00115. The Morgan fingerprint density at radius 3 is 1.79 bits per heavy atom. The maximum atomic E-state index is 14.4. The lowest BCUT2D eigenvalue weighted by molar-refractivity contribution is -0.137. The van der Waals surface area contributed by atoms with E-state index in [0.717, 1.165) is 43.0 Å². The van der Waals surface area contributed by atoms with Crippen LogP contribution in [0.1, 0.15) is 49.3 Å². The molecule has 29 heavy (non-hydrogen) atoms. The molecule has 0 amide bonds. The van der Waals surface area contributed by atoms with Gasteiger partial charge in [-0.25, -0.2) is 8.78 Å². The van der Waals surface area contributed by atoms with E-state index in [2.05, 4.69) is 6.92 Å². The molecule has 3 rings (SSSR count). The average molecular weight is 410 g/mol. The summed E-state index contributed by atoms with van der Waals surface area (Å²) in [5.74, 6) is -0.476. The Hall–Kier alpha value is -2.37. The summed E-state index contributed by atoms with van der Waals surface area (Å²) in [5, 5.41) is 0. The highest BCUT2D eigenvalue weighted by molar-refractivity contribution is 5.83. The number of rotatable bonds is 5. The molecule has 0 atom stereocenters. The predicted octanol–water partition coefficient (Wildman–Crippen LogP) is 7.68. The Balaban J connectivity index is 1.65. The smallest absolute Gasteiger partial charge is 0.416 e. The van der Waals surface area contributed by atoms with E-state index in [9.17, 15) is 22.0 Å². The zero-order valence-electron chi connectivity index (χ0n) is 16.1. The van der Waals surface area contributed by atoms with Crippen molar-refractivity contribution < 1.29 is 26.7 Å². The number of hydrogen-bond acceptors (Lipinski definition) is 1. The van der Waals surface area contributed by atoms with Gasteiger partial charge < -0.3 is 4.74 Å². The first-order valence-electron chi connectivity index (χ1n) is 9.70. The van der Waals surface area contributed by atoms with Gasteiger partial charge in [0.2, 0.25) is 0 Å². The Morgan fingerprint density at radius 1 is 0.828 bits per heavy atom. The van der Waals surface area contributed by atoms with Crippen LogP contribution in [0, 0.1) is 11.8 Å². The molecule has 1 saturated carbocycles. The first-order chi connectivity index (χ1) is 13.7. The zero-order chi connectivity index (χ0) is 21.0. The van der Waals surface area contributed by atoms with Crippen molar-refractivity contribution in [1.29, 1.82) is 0 Å². The first kappa shape index (κ1) is 21.3. The van der Waals surface area contributed by atoms with Gasteiger partial charge in [0.05, 0.1) is 12.2 Å². The SMILES string of the molecule is CC1CCC(COc2ccc(C(F)=C(F)c3ccc(C(F)(F)F)cc3)cc2)CC1. The predicted molar refractivity (Wildman–Crippen MR) is 104 cm³/mol. The molecule has 156 valence electrons. The summed E-state index contributed by atoms with van der Waals surface area (Å²) in [6.45, 7) is 2.85. The lowest BCUT2D eigenvalue weighted by Crippen LogP contribution is -2.18. The Bertz CT molecular complexity index is 829. The maximum Gasteiger partial charge on any atom is 0.416 e. The highest BCUT2D eigenvalue weighted by Crippen LogP contribution is 2.33. The second kappa shape index (κ2) is 8.97. The topological polar surface area (TPSA) is 9.23 Å². The van der Waals surface area contributed by atoms with E-state index in [4.69, 9.17) is 4.74 Å². The minimum Gasteiger partial charge on any atom is -0.493 e. The molecule has 0 aromatic heterocycles. The van der Waals surface area contributed by atoms with Crippen LogP contribution in [0.25, 0.3) is 11.7 Å². The van der Waals surface area contributed by atoms with Crippen LogP contribution in [-0.4, -0.2) is 6.61 Å². The molecular weight excluding hydrogens is 387 g/mol. The molecule has 1 aliphatic rings. The van der Waals surface area contributed by atoms with Crippen molar-refractivity contribution in [2.24, 2.45) is 11.8 Å². The largest absolute Gasteiger partial charge is 0.493 e. The molecule has 0 bridgehead atoms. The minimum atomic E-state index is -4.52. The highest BCUT2D eigenvalue weighted by Gasteiger charge is 2.30. The molecule has 0 N–H and O–H groups in total. The molecule has 0 heterocycles. The fraction of sp³-hybridized carbons (Fsp3) is 0.391. The summed E-state index contributed by atoms with van der Waals surface area (Å²) < 4.78 is 72.3. The number of ether oxygens (including phenoxy) is 1. The molecule has 1 nitrogen and oxygen atoms in total. The Kier molecular flexibility index (Phi) is 6.60. The van der Waals surface area contributed by atoms with Crippen LogP contribution in [0.15, 0.2) is 48.5 Å². The summed E-state index contributed by atoms with van der Waals surface area (Å²) in [4.78, 5) is 0. The van der Waals surface area contributed by atoms with Gasteiger partial charge >= 0.3 is 6.18 Å². The van der Waals surface area contributed by atoms with Crippen LogP contribution >= 0.6 is 0 Å². The third kappa shape index (κ3) is 5.58. The monoisotopic (exact) mass is 410 g/mol. The second-order valence-corrected chi connectivity index (χ2v) is 7.66. The number of hydrogen-bond donors (Lipinski definition) is 0. The van der Waals surface area contributed by atoms with Gasteiger partial charge in [0.1, 0.15) is 5.75 Å². The van der Waals surface area contributed by atoms with Crippen molar-refractivity contribution in [3.05, 3.63) is 65.2 Å². The summed E-state index contributed by atoms with van der Waals surface area (Å²) in [6, 6.07) is 9.23. The standard InChI is InChI=1S/C23H23F5O/c1-15-2-4-16(5-3-15)14-29-20-12-8-18(9-13-20)22(25)21(24)17-6-10-19(11-7-17)23(26,27)28/h6-13,15-16H,2-5,14H2,1H3. The van der Waals surface area contributed by atoms with Crippen molar-refractivity contribution >= 4 is 11.7 Å². The lowest BCUT2D eigenvalue weighted by Gasteiger charge is -2.26. The third-order valence-corrected chi connectivity index (χ3v) is 5.39. The number of benzene rings is 2. The Morgan fingerprint density at radius 2 is 1.31 bits per heavy atom. The molecule has 0 spiro atoms. The van der Waals surface area contributed by atoms with Crippen LogP contribution in [0.5, 0.6) is 5.75 Å². The molecule has 0 saturated heterocycles. The molecule has 0 radical (unpaired) electrons. The molecule has 1 fully saturated rings. The third-order valence-electron chi connectivity index (χ3n) is 5.39. The molecular formula is C23H23F5O. The van der Waals surface area contributed by atoms with Gasteiger partial charge in [-0.3, -0.25) is 0 Å². The van der Waals surface area contributed by atoms with E-state index in [1.165, 1.54) is 25.0 Å². The van der Waals surface area contributed by atoms with Gasteiger partial charge in [0.25, 0.3) is 0 Å². The van der Waals surface area contributed by atoms with Gasteiger partial charge in [-0.05, 0) is 61.1 Å². The van der Waals surface area contributed by atoms with Crippen molar-refractivity contribution in [3.63, 3.8) is 0 Å². The van der Waals surface area contributed by atoms with Crippen molar-refractivity contribution in [3.8, 4) is 5.75 Å². The maximum absolute atomic E-state index is 14.4. The van der Waals surface area contributed by atoms with Crippen molar-refractivity contribution in [2.45, 2.75) is 38.8 Å². The summed E-state index contributed by atoms with van der Waals surface area (Å²) in [5.41, 5.74) is -1.16. The molecule has 2 aromatic rings. The van der Waals surface area contributed by atoms with Crippen LogP contribution in [-0.2, 0) is 6.18 Å². The summed E-state index contributed by atoms with van der Waals surface area (Å²) >= 11 is 0. The van der Waals surface area contributed by atoms with Gasteiger partial charge in [-0.2, -0.15) is 13.2 Å². The molecule has 1 aliphatic carbocycles. The normalized spacial score (nSPS) is 20.9. The molecule has 0 aliphatic heterocycles. The molecule has 0 unspecified atom stereocenters. The van der Waals surface area contributed by atoms with Crippen LogP contribution < -0.4 is 4.74 Å². The van der Waals surface area contributed by atoms with Gasteiger partial charge in [-0.1, -0.05) is 31.9 Å². The van der Waals surface area contributed by atoms with E-state index in [-0.39, 0.29) is 11.1 Å².